The van der Waals surface area contributed by atoms with Crippen LogP contribution in [0, 0.1) is 0 Å². The number of carbonyl (C=O) groups is 1. The monoisotopic (exact) mass is 222 g/mol. The van der Waals surface area contributed by atoms with Crippen LogP contribution in [0.3, 0.4) is 0 Å². The maximum atomic E-state index is 12.0. The Morgan fingerprint density at radius 2 is 2.27 bits per heavy atom. The number of carbonyl (C=O) groups excluding carboxylic acids is 1. The fraction of sp³-hybridized carbons (Fsp3) is 0.364. The SMILES string of the molecule is O=C1Nc2ccc(Cl)cc2C12CCNC2. The van der Waals surface area contributed by atoms with Gasteiger partial charge in [0.15, 0.2) is 0 Å². The molecule has 0 radical (unpaired) electrons. The van der Waals surface area contributed by atoms with Gasteiger partial charge >= 0.3 is 0 Å². The van der Waals surface area contributed by atoms with E-state index in [1.165, 1.54) is 0 Å². The zero-order chi connectivity index (χ0) is 10.5. The van der Waals surface area contributed by atoms with Gasteiger partial charge in [-0.2, -0.15) is 0 Å². The van der Waals surface area contributed by atoms with Crippen LogP contribution in [0.2, 0.25) is 5.02 Å². The van der Waals surface area contributed by atoms with Gasteiger partial charge < -0.3 is 10.6 Å². The van der Waals surface area contributed by atoms with Crippen molar-refractivity contribution >= 4 is 23.2 Å². The minimum absolute atomic E-state index is 0.102. The number of hydrogen-bond donors (Lipinski definition) is 2. The Bertz CT molecular complexity index is 438. The average molecular weight is 223 g/mol. The molecule has 2 aliphatic rings. The number of benzene rings is 1. The summed E-state index contributed by atoms with van der Waals surface area (Å²) in [6, 6.07) is 5.59. The van der Waals surface area contributed by atoms with Crippen LogP contribution in [-0.4, -0.2) is 19.0 Å². The summed E-state index contributed by atoms with van der Waals surface area (Å²) in [5, 5.41) is 6.85. The van der Waals surface area contributed by atoms with Crippen molar-refractivity contribution in [2.75, 3.05) is 18.4 Å². The molecule has 1 unspecified atom stereocenters. The molecule has 3 rings (SSSR count). The molecular weight excluding hydrogens is 212 g/mol. The van der Waals surface area contributed by atoms with E-state index in [9.17, 15) is 4.79 Å². The molecule has 0 aromatic heterocycles. The third kappa shape index (κ3) is 1.13. The number of hydrogen-bond acceptors (Lipinski definition) is 2. The van der Waals surface area contributed by atoms with Gasteiger partial charge in [0.2, 0.25) is 5.91 Å². The van der Waals surface area contributed by atoms with Crippen molar-refractivity contribution in [3.05, 3.63) is 28.8 Å². The molecule has 1 aromatic carbocycles. The van der Waals surface area contributed by atoms with Crippen LogP contribution in [0.1, 0.15) is 12.0 Å². The van der Waals surface area contributed by atoms with E-state index in [1.807, 2.05) is 18.2 Å². The molecule has 78 valence electrons. The zero-order valence-corrected chi connectivity index (χ0v) is 8.90. The minimum atomic E-state index is -0.375. The van der Waals surface area contributed by atoms with Crippen LogP contribution in [-0.2, 0) is 10.2 Å². The predicted molar refractivity (Wildman–Crippen MR) is 59.2 cm³/mol. The van der Waals surface area contributed by atoms with Gasteiger partial charge in [0, 0.05) is 17.3 Å². The van der Waals surface area contributed by atoms with Crippen LogP contribution < -0.4 is 10.6 Å². The summed E-state index contributed by atoms with van der Waals surface area (Å²) < 4.78 is 0. The lowest BCUT2D eigenvalue weighted by atomic mass is 9.81. The van der Waals surface area contributed by atoms with Crippen LogP contribution >= 0.6 is 11.6 Å². The Kier molecular flexibility index (Phi) is 1.82. The van der Waals surface area contributed by atoms with Crippen molar-refractivity contribution in [3.8, 4) is 0 Å². The lowest BCUT2D eigenvalue weighted by Gasteiger charge is -2.19. The first-order valence-electron chi connectivity index (χ1n) is 5.05. The first-order valence-corrected chi connectivity index (χ1v) is 5.42. The van der Waals surface area contributed by atoms with Crippen LogP contribution in [0.5, 0.6) is 0 Å². The van der Waals surface area contributed by atoms with Gasteiger partial charge in [-0.3, -0.25) is 4.79 Å². The van der Waals surface area contributed by atoms with Gasteiger partial charge in [-0.05, 0) is 36.7 Å². The average Bonchev–Trinajstić information content (AvgIpc) is 2.78. The fourth-order valence-electron chi connectivity index (χ4n) is 2.50. The second-order valence-corrected chi connectivity index (χ2v) is 4.59. The molecule has 1 amide bonds. The first kappa shape index (κ1) is 9.19. The van der Waals surface area contributed by atoms with Gasteiger partial charge in [0.25, 0.3) is 0 Å². The third-order valence-electron chi connectivity index (χ3n) is 3.34. The lowest BCUT2D eigenvalue weighted by molar-refractivity contribution is -0.120. The molecule has 0 saturated carbocycles. The summed E-state index contributed by atoms with van der Waals surface area (Å²) in [7, 11) is 0. The first-order chi connectivity index (χ1) is 7.22. The smallest absolute Gasteiger partial charge is 0.236 e. The van der Waals surface area contributed by atoms with Gasteiger partial charge in [-0.15, -0.1) is 0 Å². The highest BCUT2D eigenvalue weighted by Crippen LogP contribution is 2.42. The number of anilines is 1. The molecule has 2 aliphatic heterocycles. The molecule has 0 aliphatic carbocycles. The molecule has 4 heteroatoms. The number of fused-ring (bicyclic) bond motifs is 2. The van der Waals surface area contributed by atoms with Crippen molar-refractivity contribution in [3.63, 3.8) is 0 Å². The Balaban J connectivity index is 2.19. The highest BCUT2D eigenvalue weighted by Gasteiger charge is 2.48. The Morgan fingerprint density at radius 1 is 1.40 bits per heavy atom. The molecule has 3 nitrogen and oxygen atoms in total. The molecule has 1 atom stereocenters. The second kappa shape index (κ2) is 2.97. The maximum absolute atomic E-state index is 12.0. The van der Waals surface area contributed by atoms with Crippen molar-refractivity contribution in [2.45, 2.75) is 11.8 Å². The van der Waals surface area contributed by atoms with Crippen molar-refractivity contribution < 1.29 is 4.79 Å². The quantitative estimate of drug-likeness (QED) is 0.699. The largest absolute Gasteiger partial charge is 0.325 e. The van der Waals surface area contributed by atoms with Crippen LogP contribution in [0.15, 0.2) is 18.2 Å². The summed E-state index contributed by atoms with van der Waals surface area (Å²) in [5.41, 5.74) is 1.58. The molecule has 1 saturated heterocycles. The molecule has 2 heterocycles. The summed E-state index contributed by atoms with van der Waals surface area (Å²) >= 11 is 5.97. The lowest BCUT2D eigenvalue weighted by Crippen LogP contribution is -2.36. The highest BCUT2D eigenvalue weighted by molar-refractivity contribution is 6.31. The van der Waals surface area contributed by atoms with Crippen molar-refractivity contribution in [2.24, 2.45) is 0 Å². The van der Waals surface area contributed by atoms with Gasteiger partial charge in [-0.1, -0.05) is 11.6 Å². The number of amides is 1. The van der Waals surface area contributed by atoms with Gasteiger partial charge in [-0.25, -0.2) is 0 Å². The molecule has 15 heavy (non-hydrogen) atoms. The third-order valence-corrected chi connectivity index (χ3v) is 3.57. The van der Waals surface area contributed by atoms with Crippen molar-refractivity contribution in [1.29, 1.82) is 0 Å². The molecular formula is C11H11ClN2O. The van der Waals surface area contributed by atoms with E-state index in [1.54, 1.807) is 0 Å². The van der Waals surface area contributed by atoms with Gasteiger partial charge in [0.1, 0.15) is 0 Å². The van der Waals surface area contributed by atoms with E-state index in [4.69, 9.17) is 11.6 Å². The number of rotatable bonds is 0. The Labute approximate surface area is 92.8 Å². The summed E-state index contributed by atoms with van der Waals surface area (Å²) in [6.07, 6.45) is 0.853. The number of halogens is 1. The topological polar surface area (TPSA) is 41.1 Å². The van der Waals surface area contributed by atoms with E-state index in [0.717, 1.165) is 24.2 Å². The summed E-state index contributed by atoms with van der Waals surface area (Å²) in [5.74, 6) is 0.102. The Hall–Kier alpha value is -1.06. The molecule has 2 N–H and O–H groups in total. The Morgan fingerprint density at radius 3 is 3.00 bits per heavy atom. The summed E-state index contributed by atoms with van der Waals surface area (Å²) in [6.45, 7) is 1.60. The zero-order valence-electron chi connectivity index (χ0n) is 8.14. The molecule has 1 aromatic rings. The van der Waals surface area contributed by atoms with E-state index in [-0.39, 0.29) is 11.3 Å². The molecule has 0 bridgehead atoms. The van der Waals surface area contributed by atoms with Gasteiger partial charge in [0.05, 0.1) is 5.41 Å². The minimum Gasteiger partial charge on any atom is -0.325 e. The van der Waals surface area contributed by atoms with E-state index in [0.29, 0.717) is 11.6 Å². The van der Waals surface area contributed by atoms with E-state index in [2.05, 4.69) is 10.6 Å². The summed E-state index contributed by atoms with van der Waals surface area (Å²) in [4.78, 5) is 12.0. The second-order valence-electron chi connectivity index (χ2n) is 4.15. The molecule has 1 fully saturated rings. The number of nitrogens with one attached hydrogen (secondary N) is 2. The van der Waals surface area contributed by atoms with E-state index < -0.39 is 0 Å². The highest BCUT2D eigenvalue weighted by atomic mass is 35.5. The standard InChI is InChI=1S/C11H11ClN2O/c12-7-1-2-9-8(5-7)11(10(15)14-9)3-4-13-6-11/h1-2,5,13H,3-4,6H2,(H,14,15). The van der Waals surface area contributed by atoms with Crippen LogP contribution in [0.25, 0.3) is 0 Å². The normalized spacial score (nSPS) is 28.2. The predicted octanol–water partition coefficient (Wildman–Crippen LogP) is 1.52. The maximum Gasteiger partial charge on any atom is 0.236 e. The fourth-order valence-corrected chi connectivity index (χ4v) is 2.67. The van der Waals surface area contributed by atoms with Crippen LogP contribution in [0.4, 0.5) is 5.69 Å². The van der Waals surface area contributed by atoms with Crippen molar-refractivity contribution in [1.82, 2.24) is 5.32 Å². The van der Waals surface area contributed by atoms with E-state index >= 15 is 0 Å². The molecule has 1 spiro atoms.